The van der Waals surface area contributed by atoms with Gasteiger partial charge >= 0.3 is 0 Å². The van der Waals surface area contributed by atoms with Gasteiger partial charge in [-0.2, -0.15) is 4.37 Å². The number of nitrogens with zero attached hydrogens (tertiary/aromatic N) is 1. The van der Waals surface area contributed by atoms with E-state index in [0.29, 0.717) is 24.2 Å². The number of hydrogen-bond acceptors (Lipinski definition) is 6. The molecule has 1 atom stereocenters. The van der Waals surface area contributed by atoms with E-state index in [0.717, 1.165) is 22.4 Å². The van der Waals surface area contributed by atoms with Crippen molar-refractivity contribution in [3.8, 4) is 0 Å². The summed E-state index contributed by atoms with van der Waals surface area (Å²) in [5, 5.41) is 16.1. The molecule has 0 saturated carbocycles. The highest BCUT2D eigenvalue weighted by Gasteiger charge is 2.18. The number of carbonyl (C=O) groups excluding carboxylic acids is 1. The predicted octanol–water partition coefficient (Wildman–Crippen LogP) is 4.89. The minimum Gasteiger partial charge on any atom is -0.390 e. The molecule has 9 heteroatoms. The molecule has 1 heterocycles. The molecule has 0 radical (unpaired) electrons. The van der Waals surface area contributed by atoms with E-state index in [4.69, 9.17) is 0 Å². The quantitative estimate of drug-likeness (QED) is 0.360. The van der Waals surface area contributed by atoms with Crippen LogP contribution in [0.3, 0.4) is 0 Å². The Balaban J connectivity index is 0.000000379. The number of aliphatic hydroxyl groups is 1. The predicted molar refractivity (Wildman–Crippen MR) is 136 cm³/mol. The van der Waals surface area contributed by atoms with Gasteiger partial charge in [-0.25, -0.2) is 8.78 Å². The summed E-state index contributed by atoms with van der Waals surface area (Å²) >= 11 is 2.84. The molecule has 184 valence electrons. The molecule has 3 N–H and O–H groups in total. The van der Waals surface area contributed by atoms with E-state index in [1.807, 2.05) is 19.2 Å². The van der Waals surface area contributed by atoms with Crippen LogP contribution in [0.4, 0.5) is 8.78 Å². The summed E-state index contributed by atoms with van der Waals surface area (Å²) in [5.41, 5.74) is 4.45. The average molecular weight is 508 g/mol. The van der Waals surface area contributed by atoms with Gasteiger partial charge in [0, 0.05) is 25.7 Å². The third-order valence-electron chi connectivity index (χ3n) is 4.86. The Morgan fingerprint density at radius 3 is 2.41 bits per heavy atom. The first-order chi connectivity index (χ1) is 16.2. The van der Waals surface area contributed by atoms with Crippen LogP contribution in [0, 0.1) is 25.5 Å². The summed E-state index contributed by atoms with van der Waals surface area (Å²) in [7, 11) is 0. The molecule has 0 saturated heterocycles. The lowest BCUT2D eigenvalue weighted by atomic mass is 10.1. The van der Waals surface area contributed by atoms with E-state index in [2.05, 4.69) is 40.1 Å². The first-order valence-corrected chi connectivity index (χ1v) is 12.9. The van der Waals surface area contributed by atoms with Gasteiger partial charge in [-0.1, -0.05) is 31.2 Å². The lowest BCUT2D eigenvalue weighted by Gasteiger charge is -2.13. The Bertz CT molecular complexity index is 1030. The second-order valence-corrected chi connectivity index (χ2v) is 9.60. The van der Waals surface area contributed by atoms with Crippen molar-refractivity contribution in [1.82, 2.24) is 15.0 Å². The lowest BCUT2D eigenvalue weighted by molar-refractivity contribution is 0.0912. The second kappa shape index (κ2) is 14.2. The van der Waals surface area contributed by atoms with Crippen LogP contribution in [0.1, 0.15) is 39.7 Å². The summed E-state index contributed by atoms with van der Waals surface area (Å²) < 4.78 is 29.5. The van der Waals surface area contributed by atoms with Gasteiger partial charge in [0.25, 0.3) is 5.91 Å². The highest BCUT2D eigenvalue weighted by atomic mass is 32.2. The molecule has 1 aromatic heterocycles. The summed E-state index contributed by atoms with van der Waals surface area (Å²) in [6.07, 6.45) is 2.30. The topological polar surface area (TPSA) is 74.2 Å². The minimum atomic E-state index is -0.636. The largest absolute Gasteiger partial charge is 0.390 e. The molecule has 0 bridgehead atoms. The van der Waals surface area contributed by atoms with Crippen molar-refractivity contribution in [3.05, 3.63) is 82.0 Å². The molecule has 1 unspecified atom stereocenters. The van der Waals surface area contributed by atoms with Gasteiger partial charge in [-0.15, -0.1) is 11.8 Å². The van der Waals surface area contributed by atoms with Crippen molar-refractivity contribution >= 4 is 29.2 Å². The molecule has 5 nitrogen and oxygen atoms in total. The number of nitrogens with one attached hydrogen (secondary N) is 2. The van der Waals surface area contributed by atoms with Gasteiger partial charge in [-0.05, 0) is 66.9 Å². The van der Waals surface area contributed by atoms with E-state index in [1.54, 1.807) is 6.92 Å². The fourth-order valence-corrected chi connectivity index (χ4v) is 4.65. The number of halogens is 2. The van der Waals surface area contributed by atoms with E-state index in [1.165, 1.54) is 46.6 Å². The van der Waals surface area contributed by atoms with Crippen molar-refractivity contribution in [3.63, 3.8) is 0 Å². The smallest absolute Gasteiger partial charge is 0.255 e. The van der Waals surface area contributed by atoms with E-state index < -0.39 is 17.7 Å². The van der Waals surface area contributed by atoms with Crippen LogP contribution in [0.2, 0.25) is 0 Å². The molecule has 0 spiro atoms. The summed E-state index contributed by atoms with van der Waals surface area (Å²) in [6, 6.07) is 11.8. The maximum Gasteiger partial charge on any atom is 0.255 e. The third-order valence-corrected chi connectivity index (χ3v) is 6.89. The molecule has 3 aromatic rings. The number of aryl methyl sites for hydroxylation is 3. The highest BCUT2D eigenvalue weighted by Crippen LogP contribution is 2.27. The van der Waals surface area contributed by atoms with Gasteiger partial charge in [-0.3, -0.25) is 4.79 Å². The zero-order valence-electron chi connectivity index (χ0n) is 19.8. The maximum atomic E-state index is 12.3. The van der Waals surface area contributed by atoms with Crippen molar-refractivity contribution in [1.29, 1.82) is 0 Å². The number of aliphatic hydroxyl groups excluding tert-OH is 1. The van der Waals surface area contributed by atoms with Crippen LogP contribution >= 0.6 is 23.3 Å². The summed E-state index contributed by atoms with van der Waals surface area (Å²) in [5.74, 6) is -1.22. The van der Waals surface area contributed by atoms with Crippen LogP contribution in [0.15, 0.2) is 46.7 Å². The number of hydrogen-bond donors (Lipinski definition) is 3. The molecule has 0 fully saturated rings. The zero-order valence-corrected chi connectivity index (χ0v) is 21.5. The molecule has 0 aliphatic heterocycles. The van der Waals surface area contributed by atoms with Crippen LogP contribution in [0.25, 0.3) is 0 Å². The Kier molecular flexibility index (Phi) is 11.6. The molecule has 34 heavy (non-hydrogen) atoms. The number of thioether (sulfide) groups is 1. The van der Waals surface area contributed by atoms with Gasteiger partial charge in [0.15, 0.2) is 0 Å². The normalized spacial score (nSPS) is 11.5. The van der Waals surface area contributed by atoms with Gasteiger partial charge in [0.1, 0.15) is 11.6 Å². The monoisotopic (exact) mass is 507 g/mol. The molecule has 1 amide bonds. The average Bonchev–Trinajstić information content (AvgIpc) is 3.17. The zero-order chi connectivity index (χ0) is 25.1. The lowest BCUT2D eigenvalue weighted by Crippen LogP contribution is -2.38. The van der Waals surface area contributed by atoms with E-state index in [-0.39, 0.29) is 12.5 Å². The minimum absolute atomic E-state index is 0.176. The third kappa shape index (κ3) is 9.13. The standard InChI is InChI=1S/C18H25N3O2S2.C7H6F2/c1-4-13-6-5-7-14(8-13)9-19-10-15(22)11-20-17(23)16-12(2)21-25-18(16)24-3;1-5-2-6(8)4-7(9)3-5/h5-8,15,19,22H,4,9-11H2,1-3H3,(H,20,23);2-4H,1H3. The number of benzene rings is 2. The maximum absolute atomic E-state index is 12.3. The van der Waals surface area contributed by atoms with E-state index in [9.17, 15) is 18.7 Å². The molecular formula is C25H31F2N3O2S2. The Morgan fingerprint density at radius 2 is 1.79 bits per heavy atom. The van der Waals surface area contributed by atoms with Gasteiger partial charge in [0.05, 0.1) is 21.6 Å². The molecule has 2 aromatic carbocycles. The number of aromatic nitrogens is 1. The molecule has 0 aliphatic carbocycles. The Morgan fingerprint density at radius 1 is 1.12 bits per heavy atom. The summed E-state index contributed by atoms with van der Waals surface area (Å²) in [6.45, 7) is 6.94. The van der Waals surface area contributed by atoms with Crippen LogP contribution in [-0.2, 0) is 13.0 Å². The van der Waals surface area contributed by atoms with Gasteiger partial charge in [0.2, 0.25) is 0 Å². The Labute approximate surface area is 208 Å². The second-order valence-electron chi connectivity index (χ2n) is 7.75. The number of amides is 1. The van der Waals surface area contributed by atoms with Crippen molar-refractivity contribution < 1.29 is 18.7 Å². The number of rotatable bonds is 9. The van der Waals surface area contributed by atoms with E-state index >= 15 is 0 Å². The molecule has 0 aliphatic rings. The highest BCUT2D eigenvalue weighted by molar-refractivity contribution is 8.00. The van der Waals surface area contributed by atoms with Crippen LogP contribution in [-0.4, -0.2) is 40.8 Å². The first-order valence-electron chi connectivity index (χ1n) is 10.9. The Hall–Kier alpha value is -2.33. The fourth-order valence-electron chi connectivity index (χ4n) is 3.15. The molecular weight excluding hydrogens is 476 g/mol. The summed E-state index contributed by atoms with van der Waals surface area (Å²) in [4.78, 5) is 12.3. The molecule has 3 rings (SSSR count). The van der Waals surface area contributed by atoms with Crippen molar-refractivity contribution in [2.24, 2.45) is 0 Å². The van der Waals surface area contributed by atoms with Gasteiger partial charge < -0.3 is 15.7 Å². The van der Waals surface area contributed by atoms with Crippen LogP contribution < -0.4 is 10.6 Å². The first kappa shape index (κ1) is 27.9. The SMILES string of the molecule is CCc1cccc(CNCC(O)CNC(=O)c2c(C)nsc2SC)c1.Cc1cc(F)cc(F)c1. The van der Waals surface area contributed by atoms with Crippen molar-refractivity contribution in [2.45, 2.75) is 44.0 Å². The van der Waals surface area contributed by atoms with Crippen molar-refractivity contribution in [2.75, 3.05) is 19.3 Å². The van der Waals surface area contributed by atoms with Crippen LogP contribution in [0.5, 0.6) is 0 Å². The fraction of sp³-hybridized carbons (Fsp3) is 0.360. The number of carbonyl (C=O) groups is 1.